The molecule has 5 heteroatoms. The zero-order chi connectivity index (χ0) is 16.2. The lowest BCUT2D eigenvalue weighted by atomic mass is 9.98. The van der Waals surface area contributed by atoms with Gasteiger partial charge in [0.15, 0.2) is 0 Å². The van der Waals surface area contributed by atoms with Crippen LogP contribution in [0.4, 0.5) is 5.82 Å². The molecule has 1 aromatic carbocycles. The average Bonchev–Trinajstić information content (AvgIpc) is 3.11. The molecule has 0 aliphatic carbocycles. The van der Waals surface area contributed by atoms with E-state index in [1.54, 1.807) is 20.3 Å². The van der Waals surface area contributed by atoms with E-state index in [0.29, 0.717) is 11.6 Å². The van der Waals surface area contributed by atoms with Gasteiger partial charge >= 0.3 is 0 Å². The predicted molar refractivity (Wildman–Crippen MR) is 88.1 cm³/mol. The molecule has 3 rings (SSSR count). The Labute approximate surface area is 136 Å². The molecule has 0 N–H and O–H groups in total. The van der Waals surface area contributed by atoms with Crippen molar-refractivity contribution < 1.29 is 9.47 Å². The summed E-state index contributed by atoms with van der Waals surface area (Å²) in [4.78, 5) is 6.60. The Kier molecular flexibility index (Phi) is 4.33. The van der Waals surface area contributed by atoms with E-state index in [0.717, 1.165) is 36.8 Å². The van der Waals surface area contributed by atoms with E-state index in [4.69, 9.17) is 14.7 Å². The summed E-state index contributed by atoms with van der Waals surface area (Å²) in [6.07, 6.45) is 1.04. The molecule has 0 radical (unpaired) electrons. The van der Waals surface area contributed by atoms with Crippen molar-refractivity contribution in [2.24, 2.45) is 0 Å². The topological polar surface area (TPSA) is 58.4 Å². The van der Waals surface area contributed by atoms with Crippen molar-refractivity contribution in [3.8, 4) is 17.6 Å². The van der Waals surface area contributed by atoms with Crippen LogP contribution in [0.15, 0.2) is 36.4 Å². The van der Waals surface area contributed by atoms with Gasteiger partial charge in [-0.15, -0.1) is 0 Å². The highest BCUT2D eigenvalue weighted by atomic mass is 16.5. The fourth-order valence-electron chi connectivity index (χ4n) is 2.97. The summed E-state index contributed by atoms with van der Waals surface area (Å²) in [6.45, 7) is 1.80. The second-order valence-electron chi connectivity index (χ2n) is 5.57. The van der Waals surface area contributed by atoms with Crippen molar-refractivity contribution in [1.29, 1.82) is 5.26 Å². The lowest BCUT2D eigenvalue weighted by molar-refractivity contribution is 0.393. The van der Waals surface area contributed by atoms with Gasteiger partial charge in [-0.1, -0.05) is 6.07 Å². The lowest BCUT2D eigenvalue weighted by Gasteiger charge is -2.18. The van der Waals surface area contributed by atoms with Crippen LogP contribution in [0.3, 0.4) is 0 Å². The molecule has 5 nitrogen and oxygen atoms in total. The van der Waals surface area contributed by atoms with Crippen LogP contribution < -0.4 is 14.4 Å². The largest absolute Gasteiger partial charge is 0.497 e. The van der Waals surface area contributed by atoms with E-state index in [-0.39, 0.29) is 0 Å². The van der Waals surface area contributed by atoms with E-state index in [2.05, 4.69) is 28.1 Å². The molecule has 1 fully saturated rings. The summed E-state index contributed by atoms with van der Waals surface area (Å²) in [5.74, 6) is 2.87. The Morgan fingerprint density at radius 3 is 2.57 bits per heavy atom. The summed E-state index contributed by atoms with van der Waals surface area (Å²) < 4.78 is 10.7. The maximum atomic E-state index is 8.99. The van der Waals surface area contributed by atoms with Gasteiger partial charge in [0.05, 0.1) is 14.2 Å². The van der Waals surface area contributed by atoms with E-state index in [9.17, 15) is 0 Å². The molecule has 2 heterocycles. The van der Waals surface area contributed by atoms with Crippen molar-refractivity contribution in [1.82, 2.24) is 4.98 Å². The molecule has 1 atom stereocenters. The number of rotatable bonds is 4. The Balaban J connectivity index is 1.81. The number of aromatic nitrogens is 1. The summed E-state index contributed by atoms with van der Waals surface area (Å²) in [7, 11) is 3.33. The molecule has 1 aromatic heterocycles. The van der Waals surface area contributed by atoms with Gasteiger partial charge in [-0.25, -0.2) is 4.98 Å². The van der Waals surface area contributed by atoms with Gasteiger partial charge in [-0.2, -0.15) is 5.26 Å². The van der Waals surface area contributed by atoms with Gasteiger partial charge in [-0.3, -0.25) is 0 Å². The molecule has 0 spiro atoms. The third-order valence-corrected chi connectivity index (χ3v) is 4.21. The Hall–Kier alpha value is -2.74. The molecule has 23 heavy (non-hydrogen) atoms. The van der Waals surface area contributed by atoms with E-state index in [1.165, 1.54) is 5.56 Å². The molecule has 0 amide bonds. The lowest BCUT2D eigenvalue weighted by Crippen LogP contribution is -2.20. The van der Waals surface area contributed by atoms with E-state index in [1.807, 2.05) is 18.2 Å². The number of nitrogens with zero attached hydrogens (tertiary/aromatic N) is 3. The van der Waals surface area contributed by atoms with Crippen LogP contribution in [0.25, 0.3) is 0 Å². The monoisotopic (exact) mass is 309 g/mol. The van der Waals surface area contributed by atoms with Crippen molar-refractivity contribution >= 4 is 5.82 Å². The van der Waals surface area contributed by atoms with Gasteiger partial charge in [-0.05, 0) is 36.2 Å². The molecular weight excluding hydrogens is 290 g/mol. The first-order valence-electron chi connectivity index (χ1n) is 7.58. The van der Waals surface area contributed by atoms with Gasteiger partial charge in [0.2, 0.25) is 0 Å². The van der Waals surface area contributed by atoms with Crippen molar-refractivity contribution in [3.63, 3.8) is 0 Å². The van der Waals surface area contributed by atoms with Crippen LogP contribution in [0, 0.1) is 11.3 Å². The minimum absolute atomic E-state index is 0.395. The van der Waals surface area contributed by atoms with Crippen LogP contribution in [0.1, 0.15) is 23.6 Å². The quantitative estimate of drug-likeness (QED) is 0.869. The highest BCUT2D eigenvalue weighted by molar-refractivity contribution is 5.46. The highest BCUT2D eigenvalue weighted by Gasteiger charge is 2.25. The van der Waals surface area contributed by atoms with Crippen LogP contribution in [0.2, 0.25) is 0 Å². The van der Waals surface area contributed by atoms with Crippen LogP contribution >= 0.6 is 0 Å². The summed E-state index contributed by atoms with van der Waals surface area (Å²) in [5, 5.41) is 8.99. The first-order valence-corrected chi connectivity index (χ1v) is 7.58. The number of benzene rings is 1. The third kappa shape index (κ3) is 3.21. The standard InChI is InChI=1S/C18H19N3O2/c1-22-16-8-14(9-17(10-16)23-2)13-6-7-21(12-13)18-5-3-4-15(11-19)20-18/h3-5,8-10,13H,6-7,12H2,1-2H3/t13-/m1/s1. The number of nitriles is 1. The zero-order valence-electron chi connectivity index (χ0n) is 13.3. The number of pyridine rings is 1. The van der Waals surface area contributed by atoms with Crippen LogP contribution in [-0.2, 0) is 0 Å². The van der Waals surface area contributed by atoms with Crippen molar-refractivity contribution in [2.75, 3.05) is 32.2 Å². The maximum absolute atomic E-state index is 8.99. The van der Waals surface area contributed by atoms with Crippen LogP contribution in [-0.4, -0.2) is 32.3 Å². The Bertz CT molecular complexity index is 717. The second kappa shape index (κ2) is 6.57. The molecule has 0 saturated carbocycles. The van der Waals surface area contributed by atoms with Crippen molar-refractivity contribution in [2.45, 2.75) is 12.3 Å². The minimum atomic E-state index is 0.395. The minimum Gasteiger partial charge on any atom is -0.497 e. The number of hydrogen-bond acceptors (Lipinski definition) is 5. The fraction of sp³-hybridized carbons (Fsp3) is 0.333. The number of methoxy groups -OCH3 is 2. The van der Waals surface area contributed by atoms with E-state index < -0.39 is 0 Å². The number of anilines is 1. The van der Waals surface area contributed by atoms with Crippen molar-refractivity contribution in [3.05, 3.63) is 47.7 Å². The molecular formula is C18H19N3O2. The smallest absolute Gasteiger partial charge is 0.142 e. The maximum Gasteiger partial charge on any atom is 0.142 e. The Morgan fingerprint density at radius 2 is 1.91 bits per heavy atom. The van der Waals surface area contributed by atoms with Gasteiger partial charge < -0.3 is 14.4 Å². The summed E-state index contributed by atoms with van der Waals surface area (Å²) in [6, 6.07) is 13.7. The average molecular weight is 309 g/mol. The first kappa shape index (κ1) is 15.2. The predicted octanol–water partition coefficient (Wildman–Crippen LogP) is 2.96. The summed E-state index contributed by atoms with van der Waals surface area (Å²) in [5.41, 5.74) is 1.66. The second-order valence-corrected chi connectivity index (χ2v) is 5.57. The molecule has 1 saturated heterocycles. The van der Waals surface area contributed by atoms with Gasteiger partial charge in [0.25, 0.3) is 0 Å². The van der Waals surface area contributed by atoms with Gasteiger partial charge in [0, 0.05) is 25.1 Å². The Morgan fingerprint density at radius 1 is 1.17 bits per heavy atom. The number of hydrogen-bond donors (Lipinski definition) is 0. The first-order chi connectivity index (χ1) is 11.2. The normalized spacial score (nSPS) is 16.9. The fourth-order valence-corrected chi connectivity index (χ4v) is 2.97. The molecule has 0 unspecified atom stereocenters. The third-order valence-electron chi connectivity index (χ3n) is 4.21. The summed E-state index contributed by atoms with van der Waals surface area (Å²) >= 11 is 0. The van der Waals surface area contributed by atoms with E-state index >= 15 is 0 Å². The molecule has 1 aliphatic rings. The highest BCUT2D eigenvalue weighted by Crippen LogP contribution is 2.34. The number of ether oxygens (including phenoxy) is 2. The van der Waals surface area contributed by atoms with Crippen LogP contribution in [0.5, 0.6) is 11.5 Å². The molecule has 118 valence electrons. The molecule has 2 aromatic rings. The molecule has 0 bridgehead atoms. The SMILES string of the molecule is COc1cc(OC)cc([C@@H]2CCN(c3cccc(C#N)n3)C2)c1. The molecule has 1 aliphatic heterocycles. The zero-order valence-corrected chi connectivity index (χ0v) is 13.3. The van der Waals surface area contributed by atoms with Gasteiger partial charge in [0.1, 0.15) is 29.1 Å².